The van der Waals surface area contributed by atoms with Crippen LogP contribution in [-0.4, -0.2) is 0 Å². The van der Waals surface area contributed by atoms with Crippen molar-refractivity contribution in [1.29, 1.82) is 0 Å². The summed E-state index contributed by atoms with van der Waals surface area (Å²) in [5.74, 6) is 0.814. The smallest absolute Gasteiger partial charge is 0.121 e. The number of ether oxygens (including phenoxy) is 1. The third-order valence-electron chi connectivity index (χ3n) is 2.74. The van der Waals surface area contributed by atoms with Gasteiger partial charge in [0.05, 0.1) is 0 Å². The number of nitrogens with two attached hydrogens (primary N) is 1. The Kier molecular flexibility index (Phi) is 3.33. The maximum absolute atomic E-state index is 5.83. The summed E-state index contributed by atoms with van der Waals surface area (Å²) in [4.78, 5) is 0. The summed E-state index contributed by atoms with van der Waals surface area (Å²) in [6.07, 6.45) is 0. The molecule has 2 aromatic carbocycles. The third kappa shape index (κ3) is 3.00. The molecule has 0 unspecified atom stereocenters. The van der Waals surface area contributed by atoms with E-state index in [-0.39, 0.29) is 0 Å². The van der Waals surface area contributed by atoms with Crippen LogP contribution in [0.2, 0.25) is 0 Å². The van der Waals surface area contributed by atoms with Crippen molar-refractivity contribution in [3.8, 4) is 5.75 Å². The minimum Gasteiger partial charge on any atom is -0.489 e. The fourth-order valence-corrected chi connectivity index (χ4v) is 1.68. The zero-order valence-electron chi connectivity index (χ0n) is 10.2. The summed E-state index contributed by atoms with van der Waals surface area (Å²) in [5, 5.41) is 0. The Morgan fingerprint density at radius 1 is 1.06 bits per heavy atom. The van der Waals surface area contributed by atoms with E-state index in [2.05, 4.69) is 25.1 Å². The number of benzene rings is 2. The molecule has 0 spiro atoms. The van der Waals surface area contributed by atoms with Crippen LogP contribution < -0.4 is 10.5 Å². The SMILES string of the molecule is Cc1cccc(COc2ccc(C)c(N)c2)c1. The largest absolute Gasteiger partial charge is 0.489 e. The Morgan fingerprint density at radius 2 is 1.88 bits per heavy atom. The molecular weight excluding hydrogens is 210 g/mol. The summed E-state index contributed by atoms with van der Waals surface area (Å²) in [6, 6.07) is 14.1. The van der Waals surface area contributed by atoms with Gasteiger partial charge in [-0.05, 0) is 31.0 Å². The first-order valence-corrected chi connectivity index (χ1v) is 5.69. The highest BCUT2D eigenvalue weighted by atomic mass is 16.5. The van der Waals surface area contributed by atoms with Crippen LogP contribution in [0.1, 0.15) is 16.7 Å². The Hall–Kier alpha value is -1.96. The van der Waals surface area contributed by atoms with Gasteiger partial charge in [-0.3, -0.25) is 0 Å². The Morgan fingerprint density at radius 3 is 2.59 bits per heavy atom. The number of hydrogen-bond acceptors (Lipinski definition) is 2. The molecule has 0 saturated carbocycles. The molecule has 2 heteroatoms. The van der Waals surface area contributed by atoms with Crippen molar-refractivity contribution in [2.24, 2.45) is 0 Å². The van der Waals surface area contributed by atoms with Gasteiger partial charge >= 0.3 is 0 Å². The number of rotatable bonds is 3. The molecule has 2 nitrogen and oxygen atoms in total. The van der Waals surface area contributed by atoms with E-state index in [1.165, 1.54) is 11.1 Å². The maximum atomic E-state index is 5.83. The molecule has 2 rings (SSSR count). The van der Waals surface area contributed by atoms with Crippen LogP contribution in [-0.2, 0) is 6.61 Å². The number of aryl methyl sites for hydroxylation is 2. The van der Waals surface area contributed by atoms with Crippen LogP contribution in [0.3, 0.4) is 0 Å². The molecule has 0 heterocycles. The van der Waals surface area contributed by atoms with Crippen LogP contribution in [0.15, 0.2) is 42.5 Å². The molecule has 0 fully saturated rings. The van der Waals surface area contributed by atoms with Crippen molar-refractivity contribution in [3.05, 3.63) is 59.2 Å². The highest BCUT2D eigenvalue weighted by Crippen LogP contribution is 2.20. The van der Waals surface area contributed by atoms with Gasteiger partial charge in [-0.25, -0.2) is 0 Å². The minimum atomic E-state index is 0.574. The monoisotopic (exact) mass is 227 g/mol. The van der Waals surface area contributed by atoms with Gasteiger partial charge in [-0.1, -0.05) is 35.9 Å². The maximum Gasteiger partial charge on any atom is 0.121 e. The van der Waals surface area contributed by atoms with Crippen LogP contribution in [0.4, 0.5) is 5.69 Å². The summed E-state index contributed by atoms with van der Waals surface area (Å²) in [6.45, 7) is 4.64. The van der Waals surface area contributed by atoms with E-state index >= 15 is 0 Å². The van der Waals surface area contributed by atoms with Crippen LogP contribution in [0.5, 0.6) is 5.75 Å². The second kappa shape index (κ2) is 4.91. The van der Waals surface area contributed by atoms with E-state index in [4.69, 9.17) is 10.5 Å². The Labute approximate surface area is 102 Å². The van der Waals surface area contributed by atoms with Gasteiger partial charge in [-0.15, -0.1) is 0 Å². The average molecular weight is 227 g/mol. The standard InChI is InChI=1S/C15H17NO/c1-11-4-3-5-13(8-11)10-17-14-7-6-12(2)15(16)9-14/h3-9H,10,16H2,1-2H3. The Balaban J connectivity index is 2.05. The van der Waals surface area contributed by atoms with Gasteiger partial charge < -0.3 is 10.5 Å². The first-order chi connectivity index (χ1) is 8.15. The summed E-state index contributed by atoms with van der Waals surface area (Å²) in [7, 11) is 0. The highest BCUT2D eigenvalue weighted by Gasteiger charge is 1.99. The molecule has 0 aliphatic rings. The lowest BCUT2D eigenvalue weighted by Crippen LogP contribution is -1.97. The van der Waals surface area contributed by atoms with Crippen LogP contribution >= 0.6 is 0 Å². The van der Waals surface area contributed by atoms with Crippen molar-refractivity contribution in [1.82, 2.24) is 0 Å². The fraction of sp³-hybridized carbons (Fsp3) is 0.200. The molecule has 2 N–H and O–H groups in total. The Bertz CT molecular complexity index is 520. The molecule has 88 valence electrons. The first-order valence-electron chi connectivity index (χ1n) is 5.69. The lowest BCUT2D eigenvalue weighted by Gasteiger charge is -2.08. The zero-order valence-corrected chi connectivity index (χ0v) is 10.2. The topological polar surface area (TPSA) is 35.2 Å². The van der Waals surface area contributed by atoms with Crippen molar-refractivity contribution in [2.45, 2.75) is 20.5 Å². The lowest BCUT2D eigenvalue weighted by molar-refractivity contribution is 0.306. The molecule has 17 heavy (non-hydrogen) atoms. The molecule has 0 amide bonds. The molecule has 0 bridgehead atoms. The van der Waals surface area contributed by atoms with Gasteiger partial charge in [0.15, 0.2) is 0 Å². The molecule has 0 aliphatic carbocycles. The summed E-state index contributed by atoms with van der Waals surface area (Å²) >= 11 is 0. The quantitative estimate of drug-likeness (QED) is 0.815. The van der Waals surface area contributed by atoms with E-state index in [0.717, 1.165) is 17.0 Å². The van der Waals surface area contributed by atoms with Crippen molar-refractivity contribution in [3.63, 3.8) is 0 Å². The highest BCUT2D eigenvalue weighted by molar-refractivity contribution is 5.50. The second-order valence-electron chi connectivity index (χ2n) is 4.30. The van der Waals surface area contributed by atoms with Gasteiger partial charge in [0.1, 0.15) is 12.4 Å². The van der Waals surface area contributed by atoms with Gasteiger partial charge in [0.25, 0.3) is 0 Å². The predicted molar refractivity (Wildman–Crippen MR) is 71.1 cm³/mol. The lowest BCUT2D eigenvalue weighted by atomic mass is 10.1. The van der Waals surface area contributed by atoms with E-state index in [9.17, 15) is 0 Å². The van der Waals surface area contributed by atoms with Gasteiger partial charge in [-0.2, -0.15) is 0 Å². The van der Waals surface area contributed by atoms with Crippen molar-refractivity contribution in [2.75, 3.05) is 5.73 Å². The van der Waals surface area contributed by atoms with Crippen LogP contribution in [0, 0.1) is 13.8 Å². The molecular formula is C15H17NO. The molecule has 0 radical (unpaired) electrons. The molecule has 0 aliphatic heterocycles. The van der Waals surface area contributed by atoms with E-state index < -0.39 is 0 Å². The summed E-state index contributed by atoms with van der Waals surface area (Å²) < 4.78 is 5.70. The van der Waals surface area contributed by atoms with Gasteiger partial charge in [0, 0.05) is 11.8 Å². The molecule has 0 aromatic heterocycles. The molecule has 0 atom stereocenters. The predicted octanol–water partition coefficient (Wildman–Crippen LogP) is 3.46. The summed E-state index contributed by atoms with van der Waals surface area (Å²) in [5.41, 5.74) is 10.1. The van der Waals surface area contributed by atoms with E-state index in [1.807, 2.05) is 31.2 Å². The van der Waals surface area contributed by atoms with Crippen LogP contribution in [0.25, 0.3) is 0 Å². The number of nitrogen functional groups attached to an aromatic ring is 1. The normalized spacial score (nSPS) is 10.2. The average Bonchev–Trinajstić information content (AvgIpc) is 2.31. The van der Waals surface area contributed by atoms with E-state index in [0.29, 0.717) is 6.61 Å². The minimum absolute atomic E-state index is 0.574. The van der Waals surface area contributed by atoms with E-state index in [1.54, 1.807) is 0 Å². The fourth-order valence-electron chi connectivity index (χ4n) is 1.68. The number of anilines is 1. The molecule has 0 saturated heterocycles. The van der Waals surface area contributed by atoms with Gasteiger partial charge in [0.2, 0.25) is 0 Å². The first kappa shape index (κ1) is 11.5. The number of hydrogen-bond donors (Lipinski definition) is 1. The van der Waals surface area contributed by atoms with Crippen molar-refractivity contribution < 1.29 is 4.74 Å². The van der Waals surface area contributed by atoms with Crippen molar-refractivity contribution >= 4 is 5.69 Å². The second-order valence-corrected chi connectivity index (χ2v) is 4.30. The zero-order chi connectivity index (χ0) is 12.3. The molecule has 2 aromatic rings. The third-order valence-corrected chi connectivity index (χ3v) is 2.74.